The minimum Gasteiger partial charge on any atom is -0.436 e. The monoisotopic (exact) mass is 721 g/mol. The molecule has 258 valence electrons. The molecule has 0 aliphatic carbocycles. The first-order valence-electron chi connectivity index (χ1n) is 18.4. The molecule has 0 amide bonds. The highest BCUT2D eigenvalue weighted by Crippen LogP contribution is 2.40. The Morgan fingerprint density at radius 2 is 0.891 bits per heavy atom. The number of benzene rings is 9. The van der Waals surface area contributed by atoms with Gasteiger partial charge in [0.1, 0.15) is 10.5 Å². The van der Waals surface area contributed by atoms with Crippen molar-refractivity contribution in [1.82, 2.24) is 9.97 Å². The van der Waals surface area contributed by atoms with Gasteiger partial charge in [-0.25, -0.2) is 9.97 Å². The van der Waals surface area contributed by atoms with Crippen molar-refractivity contribution in [2.24, 2.45) is 0 Å². The number of rotatable bonds is 6. The quantitative estimate of drug-likeness (QED) is 0.171. The summed E-state index contributed by atoms with van der Waals surface area (Å²) in [7, 11) is 0. The topological polar surface area (TPSA) is 42.2 Å². The average Bonchev–Trinajstić information content (AvgIpc) is 3.89. The van der Waals surface area contributed by atoms with Crippen LogP contribution in [-0.2, 0) is 0 Å². The first-order chi connectivity index (χ1) is 27.2. The fraction of sp³-hybridized carbons (Fsp3) is 0. The van der Waals surface area contributed by atoms with Gasteiger partial charge in [0.05, 0.1) is 10.2 Å². The van der Waals surface area contributed by atoms with Gasteiger partial charge in [-0.2, -0.15) is 0 Å². The number of aromatic nitrogens is 2. The second-order valence-electron chi connectivity index (χ2n) is 13.9. The molecule has 0 aliphatic heterocycles. The van der Waals surface area contributed by atoms with Crippen molar-refractivity contribution in [3.8, 4) is 33.2 Å². The summed E-state index contributed by atoms with van der Waals surface area (Å²) in [6.45, 7) is 0. The second-order valence-corrected chi connectivity index (χ2v) is 14.9. The van der Waals surface area contributed by atoms with Crippen molar-refractivity contribution in [2.75, 3.05) is 4.90 Å². The van der Waals surface area contributed by atoms with Crippen LogP contribution < -0.4 is 4.90 Å². The number of thiazole rings is 1. The summed E-state index contributed by atoms with van der Waals surface area (Å²) in [5.41, 5.74) is 10.4. The van der Waals surface area contributed by atoms with Gasteiger partial charge in [0.15, 0.2) is 5.58 Å². The largest absolute Gasteiger partial charge is 0.436 e. The lowest BCUT2D eigenvalue weighted by Gasteiger charge is -2.26. The lowest BCUT2D eigenvalue weighted by atomic mass is 9.98. The highest BCUT2D eigenvalue weighted by atomic mass is 32.1. The van der Waals surface area contributed by atoms with Crippen molar-refractivity contribution >= 4 is 82.0 Å². The molecule has 2 heterocycles. The number of hydrogen-bond acceptors (Lipinski definition) is 5. The molecule has 0 spiro atoms. The molecule has 5 heteroatoms. The van der Waals surface area contributed by atoms with Crippen LogP contribution in [0.25, 0.3) is 86.8 Å². The maximum atomic E-state index is 6.10. The van der Waals surface area contributed by atoms with E-state index in [-0.39, 0.29) is 0 Å². The third kappa shape index (κ3) is 5.70. The molecule has 2 aromatic heterocycles. The molecule has 0 saturated heterocycles. The Morgan fingerprint density at radius 1 is 0.382 bits per heavy atom. The van der Waals surface area contributed by atoms with Crippen LogP contribution in [-0.4, -0.2) is 9.97 Å². The Hall–Kier alpha value is -7.08. The van der Waals surface area contributed by atoms with Crippen molar-refractivity contribution in [3.63, 3.8) is 0 Å². The van der Waals surface area contributed by atoms with E-state index in [1.165, 1.54) is 37.4 Å². The summed E-state index contributed by atoms with van der Waals surface area (Å²) in [6.07, 6.45) is 0. The van der Waals surface area contributed by atoms with Gasteiger partial charge in [-0.1, -0.05) is 91.0 Å². The molecule has 0 saturated carbocycles. The summed E-state index contributed by atoms with van der Waals surface area (Å²) in [5.74, 6) is 0.627. The second kappa shape index (κ2) is 12.8. The molecule has 55 heavy (non-hydrogen) atoms. The molecule has 11 aromatic rings. The van der Waals surface area contributed by atoms with E-state index >= 15 is 0 Å². The third-order valence-electron chi connectivity index (χ3n) is 10.5. The fourth-order valence-electron chi connectivity index (χ4n) is 7.62. The highest BCUT2D eigenvalue weighted by molar-refractivity contribution is 7.21. The van der Waals surface area contributed by atoms with Gasteiger partial charge >= 0.3 is 0 Å². The van der Waals surface area contributed by atoms with Crippen LogP contribution in [0.1, 0.15) is 0 Å². The first-order valence-corrected chi connectivity index (χ1v) is 19.2. The van der Waals surface area contributed by atoms with E-state index in [0.29, 0.717) is 5.89 Å². The molecule has 0 aliphatic rings. The van der Waals surface area contributed by atoms with Crippen LogP contribution in [0.5, 0.6) is 0 Å². The maximum Gasteiger partial charge on any atom is 0.227 e. The third-order valence-corrected chi connectivity index (χ3v) is 11.5. The summed E-state index contributed by atoms with van der Waals surface area (Å²) < 4.78 is 7.29. The molecular formula is C50H31N3OS. The molecule has 11 rings (SSSR count). The number of nitrogens with zero attached hydrogens (tertiary/aromatic N) is 3. The van der Waals surface area contributed by atoms with Gasteiger partial charge in [-0.3, -0.25) is 0 Å². The first kappa shape index (κ1) is 31.4. The van der Waals surface area contributed by atoms with Crippen LogP contribution in [0, 0.1) is 0 Å². The van der Waals surface area contributed by atoms with Gasteiger partial charge in [0.25, 0.3) is 0 Å². The van der Waals surface area contributed by atoms with Crippen LogP contribution in [0.3, 0.4) is 0 Å². The average molecular weight is 722 g/mol. The molecule has 0 bridgehead atoms. The van der Waals surface area contributed by atoms with Crippen LogP contribution >= 0.6 is 11.3 Å². The van der Waals surface area contributed by atoms with E-state index in [1.54, 1.807) is 11.3 Å². The summed E-state index contributed by atoms with van der Waals surface area (Å²) in [5, 5.41) is 8.16. The Labute approximate surface area is 321 Å². The van der Waals surface area contributed by atoms with E-state index < -0.39 is 0 Å². The highest BCUT2D eigenvalue weighted by Gasteiger charge is 2.16. The van der Waals surface area contributed by atoms with Crippen molar-refractivity contribution in [2.45, 2.75) is 0 Å². The molecular weight excluding hydrogens is 691 g/mol. The summed E-state index contributed by atoms with van der Waals surface area (Å²) in [6, 6.07) is 66.8. The van der Waals surface area contributed by atoms with Gasteiger partial charge < -0.3 is 9.32 Å². The van der Waals surface area contributed by atoms with E-state index in [0.717, 1.165) is 60.6 Å². The lowest BCUT2D eigenvalue weighted by molar-refractivity contribution is 0.620. The zero-order valence-electron chi connectivity index (χ0n) is 29.6. The zero-order valence-corrected chi connectivity index (χ0v) is 30.4. The van der Waals surface area contributed by atoms with Crippen LogP contribution in [0.2, 0.25) is 0 Å². The summed E-state index contributed by atoms with van der Waals surface area (Å²) >= 11 is 1.72. The molecule has 0 N–H and O–H groups in total. The molecule has 0 unspecified atom stereocenters. The van der Waals surface area contributed by atoms with E-state index in [2.05, 4.69) is 163 Å². The Kier molecular flexibility index (Phi) is 7.32. The Balaban J connectivity index is 0.991. The number of para-hydroxylation sites is 3. The zero-order chi connectivity index (χ0) is 36.3. The van der Waals surface area contributed by atoms with Gasteiger partial charge in [0, 0.05) is 28.2 Å². The standard InChI is InChI=1S/C50H31N3OS/c1-2-8-34-27-35(14-13-32(34)7-1)36-15-16-39-30-43(25-21-37(39)28-36)53(42-23-19-33(20-24-42)50-52-46-10-4-6-12-48(46)55-50)44-26-22-38-29-41(18-17-40(38)31-44)49-51-45-9-3-5-11-47(45)54-49/h1-31H. The lowest BCUT2D eigenvalue weighted by Crippen LogP contribution is -2.10. The summed E-state index contributed by atoms with van der Waals surface area (Å²) in [4.78, 5) is 12.0. The molecule has 4 nitrogen and oxygen atoms in total. The predicted octanol–water partition coefficient (Wildman–Crippen LogP) is 14.4. The SMILES string of the molecule is c1ccc2cc(-c3ccc4cc(N(c5ccc(-c6nc7ccccc7s6)cc5)c5ccc6cc(-c7nc8ccccc8o7)ccc6c5)ccc4c3)ccc2c1. The van der Waals surface area contributed by atoms with Crippen molar-refractivity contribution in [3.05, 3.63) is 188 Å². The maximum absolute atomic E-state index is 6.10. The van der Waals surface area contributed by atoms with E-state index in [9.17, 15) is 0 Å². The number of anilines is 3. The van der Waals surface area contributed by atoms with Crippen LogP contribution in [0.4, 0.5) is 17.1 Å². The smallest absolute Gasteiger partial charge is 0.227 e. The minimum atomic E-state index is 0.627. The molecule has 0 radical (unpaired) electrons. The van der Waals surface area contributed by atoms with Crippen LogP contribution in [0.15, 0.2) is 192 Å². The normalized spacial score (nSPS) is 11.6. The Morgan fingerprint density at radius 3 is 1.60 bits per heavy atom. The van der Waals surface area contributed by atoms with Gasteiger partial charge in [-0.15, -0.1) is 11.3 Å². The van der Waals surface area contributed by atoms with Gasteiger partial charge in [-0.05, 0) is 141 Å². The minimum absolute atomic E-state index is 0.627. The fourth-order valence-corrected chi connectivity index (χ4v) is 8.59. The molecule has 9 aromatic carbocycles. The number of fused-ring (bicyclic) bond motifs is 5. The number of hydrogen-bond donors (Lipinski definition) is 0. The van der Waals surface area contributed by atoms with Crippen molar-refractivity contribution < 1.29 is 4.42 Å². The Bertz CT molecular complexity index is 3170. The van der Waals surface area contributed by atoms with E-state index in [1.807, 2.05) is 30.3 Å². The van der Waals surface area contributed by atoms with Gasteiger partial charge in [0.2, 0.25) is 5.89 Å². The van der Waals surface area contributed by atoms with E-state index in [4.69, 9.17) is 14.4 Å². The number of oxazole rings is 1. The predicted molar refractivity (Wildman–Crippen MR) is 231 cm³/mol. The molecule has 0 fully saturated rings. The molecule has 0 atom stereocenters. The van der Waals surface area contributed by atoms with Crippen molar-refractivity contribution in [1.29, 1.82) is 0 Å².